The van der Waals surface area contributed by atoms with E-state index in [0.717, 1.165) is 16.7 Å². The van der Waals surface area contributed by atoms with Gasteiger partial charge in [0.25, 0.3) is 0 Å². The van der Waals surface area contributed by atoms with Crippen LogP contribution in [0.15, 0.2) is 54.6 Å². The van der Waals surface area contributed by atoms with Crippen molar-refractivity contribution in [1.82, 2.24) is 5.32 Å². The number of carbonyl (C=O) groups excluding carboxylic acids is 1. The minimum Gasteiger partial charge on any atom is -0.445 e. The number of carbonyl (C=O) groups is 1. The zero-order chi connectivity index (χ0) is 15.8. The molecular weight excluding hydrogens is 281 g/mol. The first-order valence-corrected chi connectivity index (χ1v) is 7.02. The molecule has 0 unspecified atom stereocenters. The molecule has 2 aromatic carbocycles. The van der Waals surface area contributed by atoms with Crippen LogP contribution in [0, 0.1) is 12.7 Å². The van der Waals surface area contributed by atoms with E-state index in [-0.39, 0.29) is 12.4 Å². The van der Waals surface area contributed by atoms with Crippen LogP contribution in [0.4, 0.5) is 9.18 Å². The maximum atomic E-state index is 13.0. The zero-order valence-electron chi connectivity index (χ0n) is 12.4. The fraction of sp³-hybridized carbons (Fsp3) is 0.167. The summed E-state index contributed by atoms with van der Waals surface area (Å²) in [5.74, 6) is -0.253. The van der Waals surface area contributed by atoms with Gasteiger partial charge in [-0.15, -0.1) is 0 Å². The number of nitrogens with one attached hydrogen (secondary N) is 1. The molecule has 0 heterocycles. The van der Waals surface area contributed by atoms with Gasteiger partial charge in [-0.05, 0) is 35.7 Å². The summed E-state index contributed by atoms with van der Waals surface area (Å²) in [6.45, 7) is 2.43. The van der Waals surface area contributed by atoms with Crippen molar-refractivity contribution >= 4 is 12.2 Å². The van der Waals surface area contributed by atoms with Crippen LogP contribution in [0.1, 0.15) is 16.7 Å². The highest BCUT2D eigenvalue weighted by molar-refractivity contribution is 5.67. The topological polar surface area (TPSA) is 38.3 Å². The van der Waals surface area contributed by atoms with E-state index in [4.69, 9.17) is 4.74 Å². The summed E-state index contributed by atoms with van der Waals surface area (Å²) in [6, 6.07) is 14.1. The SMILES string of the molecule is Cc1cc(F)ccc1C=CCNC(=O)OCc1ccccc1. The Bertz CT molecular complexity index is 653. The van der Waals surface area contributed by atoms with Crippen molar-refractivity contribution in [3.05, 3.63) is 77.1 Å². The van der Waals surface area contributed by atoms with E-state index in [2.05, 4.69) is 5.32 Å². The highest BCUT2D eigenvalue weighted by Crippen LogP contribution is 2.11. The predicted octanol–water partition coefficient (Wildman–Crippen LogP) is 4.07. The van der Waals surface area contributed by atoms with Crippen LogP contribution in [0.2, 0.25) is 0 Å². The van der Waals surface area contributed by atoms with E-state index >= 15 is 0 Å². The van der Waals surface area contributed by atoms with Crippen molar-refractivity contribution < 1.29 is 13.9 Å². The Morgan fingerprint density at radius 1 is 1.23 bits per heavy atom. The fourth-order valence-corrected chi connectivity index (χ4v) is 1.93. The number of amides is 1. The lowest BCUT2D eigenvalue weighted by Crippen LogP contribution is -2.24. The Labute approximate surface area is 129 Å². The highest BCUT2D eigenvalue weighted by atomic mass is 19.1. The molecule has 2 rings (SSSR count). The second-order valence-corrected chi connectivity index (χ2v) is 4.85. The Kier molecular flexibility index (Phi) is 5.72. The Morgan fingerprint density at radius 3 is 2.73 bits per heavy atom. The molecule has 0 atom stereocenters. The van der Waals surface area contributed by atoms with Gasteiger partial charge in [-0.3, -0.25) is 0 Å². The van der Waals surface area contributed by atoms with Crippen LogP contribution in [0.25, 0.3) is 6.08 Å². The number of ether oxygens (including phenoxy) is 1. The van der Waals surface area contributed by atoms with Crippen LogP contribution in [0.5, 0.6) is 0 Å². The van der Waals surface area contributed by atoms with Gasteiger partial charge in [0.15, 0.2) is 0 Å². The average Bonchev–Trinajstić information content (AvgIpc) is 2.52. The number of hydrogen-bond donors (Lipinski definition) is 1. The smallest absolute Gasteiger partial charge is 0.407 e. The molecule has 0 aliphatic heterocycles. The zero-order valence-corrected chi connectivity index (χ0v) is 12.4. The quantitative estimate of drug-likeness (QED) is 0.903. The molecule has 0 bridgehead atoms. The third kappa shape index (κ3) is 5.05. The second kappa shape index (κ2) is 7.98. The van der Waals surface area contributed by atoms with Gasteiger partial charge in [0.05, 0.1) is 0 Å². The summed E-state index contributed by atoms with van der Waals surface area (Å²) in [4.78, 5) is 11.5. The van der Waals surface area contributed by atoms with Gasteiger partial charge in [-0.2, -0.15) is 0 Å². The van der Waals surface area contributed by atoms with Crippen molar-refractivity contribution in [2.24, 2.45) is 0 Å². The third-order valence-corrected chi connectivity index (χ3v) is 3.11. The van der Waals surface area contributed by atoms with E-state index in [9.17, 15) is 9.18 Å². The molecule has 3 nitrogen and oxygen atoms in total. The van der Waals surface area contributed by atoms with Crippen LogP contribution in [0.3, 0.4) is 0 Å². The molecule has 22 heavy (non-hydrogen) atoms. The Morgan fingerprint density at radius 2 is 2.00 bits per heavy atom. The standard InChI is InChI=1S/C18H18FNO2/c1-14-12-17(19)10-9-16(14)8-5-11-20-18(21)22-13-15-6-3-2-4-7-15/h2-10,12H,11,13H2,1H3,(H,20,21). The number of aryl methyl sites for hydroxylation is 1. The van der Waals surface area contributed by atoms with E-state index in [0.29, 0.717) is 6.54 Å². The molecule has 0 fully saturated rings. The normalized spacial score (nSPS) is 10.6. The Hall–Kier alpha value is -2.62. The van der Waals surface area contributed by atoms with Crippen molar-refractivity contribution in [1.29, 1.82) is 0 Å². The van der Waals surface area contributed by atoms with Gasteiger partial charge in [-0.25, -0.2) is 9.18 Å². The fourth-order valence-electron chi connectivity index (χ4n) is 1.93. The molecule has 0 saturated heterocycles. The summed E-state index contributed by atoms with van der Waals surface area (Å²) in [5, 5.41) is 2.63. The molecule has 0 aliphatic carbocycles. The highest BCUT2D eigenvalue weighted by Gasteiger charge is 2.00. The third-order valence-electron chi connectivity index (χ3n) is 3.11. The summed E-state index contributed by atoms with van der Waals surface area (Å²) < 4.78 is 18.1. The van der Waals surface area contributed by atoms with Gasteiger partial charge in [-0.1, -0.05) is 48.6 Å². The minimum atomic E-state index is -0.468. The maximum Gasteiger partial charge on any atom is 0.407 e. The summed E-state index contributed by atoms with van der Waals surface area (Å²) in [6.07, 6.45) is 3.17. The lowest BCUT2D eigenvalue weighted by atomic mass is 10.1. The van der Waals surface area contributed by atoms with Crippen molar-refractivity contribution in [3.8, 4) is 0 Å². The second-order valence-electron chi connectivity index (χ2n) is 4.85. The minimum absolute atomic E-state index is 0.244. The molecule has 2 aromatic rings. The first-order valence-electron chi connectivity index (χ1n) is 7.02. The van der Waals surface area contributed by atoms with Crippen molar-refractivity contribution in [3.63, 3.8) is 0 Å². The summed E-state index contributed by atoms with van der Waals surface area (Å²) in [7, 11) is 0. The molecule has 4 heteroatoms. The largest absolute Gasteiger partial charge is 0.445 e. The lowest BCUT2D eigenvalue weighted by Gasteiger charge is -2.05. The summed E-state index contributed by atoms with van der Waals surface area (Å²) in [5.41, 5.74) is 2.71. The van der Waals surface area contributed by atoms with Gasteiger partial charge in [0.2, 0.25) is 0 Å². The van der Waals surface area contributed by atoms with Crippen LogP contribution < -0.4 is 5.32 Å². The molecule has 1 amide bonds. The van der Waals surface area contributed by atoms with E-state index in [1.807, 2.05) is 43.3 Å². The van der Waals surface area contributed by atoms with Crippen molar-refractivity contribution in [2.75, 3.05) is 6.54 Å². The molecule has 0 saturated carbocycles. The first-order chi connectivity index (χ1) is 10.6. The molecule has 0 aliphatic rings. The average molecular weight is 299 g/mol. The van der Waals surface area contributed by atoms with E-state index in [1.54, 1.807) is 12.1 Å². The van der Waals surface area contributed by atoms with Crippen molar-refractivity contribution in [2.45, 2.75) is 13.5 Å². The molecule has 0 radical (unpaired) electrons. The molecule has 0 spiro atoms. The predicted molar refractivity (Wildman–Crippen MR) is 84.8 cm³/mol. The van der Waals surface area contributed by atoms with Gasteiger partial charge < -0.3 is 10.1 Å². The van der Waals surface area contributed by atoms with E-state index in [1.165, 1.54) is 12.1 Å². The number of rotatable bonds is 5. The van der Waals surface area contributed by atoms with Gasteiger partial charge >= 0.3 is 6.09 Å². The maximum absolute atomic E-state index is 13.0. The Balaban J connectivity index is 1.73. The molecule has 0 aromatic heterocycles. The molecule has 114 valence electrons. The number of hydrogen-bond acceptors (Lipinski definition) is 2. The number of benzene rings is 2. The number of alkyl carbamates (subject to hydrolysis) is 1. The van der Waals surface area contributed by atoms with Gasteiger partial charge in [0.1, 0.15) is 12.4 Å². The molecule has 1 N–H and O–H groups in total. The molecular formula is C18H18FNO2. The monoisotopic (exact) mass is 299 g/mol. The van der Waals surface area contributed by atoms with Crippen LogP contribution >= 0.6 is 0 Å². The van der Waals surface area contributed by atoms with E-state index < -0.39 is 6.09 Å². The van der Waals surface area contributed by atoms with Crippen LogP contribution in [-0.4, -0.2) is 12.6 Å². The van der Waals surface area contributed by atoms with Crippen LogP contribution in [-0.2, 0) is 11.3 Å². The number of halogens is 1. The summed E-state index contributed by atoms with van der Waals surface area (Å²) >= 11 is 0. The van der Waals surface area contributed by atoms with Gasteiger partial charge in [0, 0.05) is 6.54 Å². The first kappa shape index (κ1) is 15.8. The lowest BCUT2D eigenvalue weighted by molar-refractivity contribution is 0.141.